The second-order valence-electron chi connectivity index (χ2n) is 4.40. The molecule has 78 valence electrons. The average molecular weight is 184 g/mol. The van der Waals surface area contributed by atoms with Crippen LogP contribution < -0.4 is 5.32 Å². The monoisotopic (exact) mass is 184 g/mol. The van der Waals surface area contributed by atoms with Crippen LogP contribution in [0.15, 0.2) is 0 Å². The lowest BCUT2D eigenvalue weighted by atomic mass is 9.97. The summed E-state index contributed by atoms with van der Waals surface area (Å²) in [6.07, 6.45) is 6.91. The average Bonchev–Trinajstić information content (AvgIpc) is 2.16. The Morgan fingerprint density at radius 2 is 2.23 bits per heavy atom. The summed E-state index contributed by atoms with van der Waals surface area (Å²) >= 11 is 0. The normalized spacial score (nSPS) is 27.5. The molecule has 0 saturated carbocycles. The van der Waals surface area contributed by atoms with Crippen LogP contribution in [0.5, 0.6) is 0 Å². The second-order valence-corrected chi connectivity index (χ2v) is 4.40. The Kier molecular flexibility index (Phi) is 4.74. The van der Waals surface area contributed by atoms with E-state index in [-0.39, 0.29) is 0 Å². The van der Waals surface area contributed by atoms with Crippen molar-refractivity contribution in [1.29, 1.82) is 0 Å². The zero-order valence-corrected chi connectivity index (χ0v) is 9.34. The van der Waals surface area contributed by atoms with E-state index in [4.69, 9.17) is 0 Å². The molecule has 2 unspecified atom stereocenters. The second kappa shape index (κ2) is 5.61. The molecule has 1 aliphatic rings. The summed E-state index contributed by atoms with van der Waals surface area (Å²) in [5, 5.41) is 3.30. The van der Waals surface area contributed by atoms with E-state index in [2.05, 4.69) is 31.2 Å². The van der Waals surface area contributed by atoms with Crippen molar-refractivity contribution in [2.45, 2.75) is 51.1 Å². The Morgan fingerprint density at radius 1 is 1.46 bits per heavy atom. The van der Waals surface area contributed by atoms with E-state index in [9.17, 15) is 0 Å². The van der Waals surface area contributed by atoms with Crippen LogP contribution in [0, 0.1) is 0 Å². The molecule has 2 atom stereocenters. The van der Waals surface area contributed by atoms with Gasteiger partial charge in [0, 0.05) is 12.1 Å². The molecule has 0 aromatic heterocycles. The molecule has 0 aliphatic carbocycles. The summed E-state index contributed by atoms with van der Waals surface area (Å²) in [5.74, 6) is 0. The van der Waals surface area contributed by atoms with Gasteiger partial charge in [-0.25, -0.2) is 0 Å². The summed E-state index contributed by atoms with van der Waals surface area (Å²) in [4.78, 5) is 2.53. The molecule has 1 aliphatic heterocycles. The molecule has 1 N–H and O–H groups in total. The van der Waals surface area contributed by atoms with Gasteiger partial charge in [-0.1, -0.05) is 6.42 Å². The molecule has 0 radical (unpaired) electrons. The lowest BCUT2D eigenvalue weighted by molar-refractivity contribution is 0.171. The van der Waals surface area contributed by atoms with Crippen LogP contribution in [-0.4, -0.2) is 37.6 Å². The summed E-state index contributed by atoms with van der Waals surface area (Å²) in [6.45, 7) is 3.57. The van der Waals surface area contributed by atoms with Gasteiger partial charge >= 0.3 is 0 Å². The first-order valence-electron chi connectivity index (χ1n) is 5.61. The van der Waals surface area contributed by atoms with E-state index in [0.29, 0.717) is 6.04 Å². The highest BCUT2D eigenvalue weighted by molar-refractivity contribution is 4.75. The minimum absolute atomic E-state index is 0.676. The predicted molar refractivity (Wildman–Crippen MR) is 58.0 cm³/mol. The zero-order valence-electron chi connectivity index (χ0n) is 9.34. The van der Waals surface area contributed by atoms with E-state index in [1.807, 2.05) is 0 Å². The van der Waals surface area contributed by atoms with Gasteiger partial charge in [-0.2, -0.15) is 0 Å². The fourth-order valence-electron chi connectivity index (χ4n) is 2.10. The molecule has 0 amide bonds. The number of nitrogens with one attached hydrogen (secondary N) is 1. The Labute approximate surface area is 82.7 Å². The molecule has 2 heteroatoms. The van der Waals surface area contributed by atoms with Gasteiger partial charge in [-0.15, -0.1) is 0 Å². The molecule has 2 nitrogen and oxygen atoms in total. The van der Waals surface area contributed by atoms with Gasteiger partial charge in [-0.3, -0.25) is 0 Å². The molecule has 0 aromatic carbocycles. The van der Waals surface area contributed by atoms with Crippen LogP contribution in [0.2, 0.25) is 0 Å². The molecular formula is C11H24N2. The topological polar surface area (TPSA) is 15.3 Å². The zero-order chi connectivity index (χ0) is 9.68. The Bertz CT molecular complexity index is 136. The first-order valence-corrected chi connectivity index (χ1v) is 5.61. The minimum atomic E-state index is 0.676. The maximum Gasteiger partial charge on any atom is 0.00927 e. The van der Waals surface area contributed by atoms with Crippen molar-refractivity contribution in [2.24, 2.45) is 0 Å². The molecule has 13 heavy (non-hydrogen) atoms. The molecule has 0 spiro atoms. The van der Waals surface area contributed by atoms with E-state index in [0.717, 1.165) is 6.04 Å². The SMILES string of the molecule is CNC(C)CCC1CCCCN1C. The summed E-state index contributed by atoms with van der Waals surface area (Å²) in [5.41, 5.74) is 0. The fourth-order valence-corrected chi connectivity index (χ4v) is 2.10. The highest BCUT2D eigenvalue weighted by Gasteiger charge is 2.18. The third kappa shape index (κ3) is 3.65. The number of hydrogen-bond acceptors (Lipinski definition) is 2. The van der Waals surface area contributed by atoms with Gasteiger partial charge in [0.05, 0.1) is 0 Å². The van der Waals surface area contributed by atoms with Crippen molar-refractivity contribution in [1.82, 2.24) is 10.2 Å². The smallest absolute Gasteiger partial charge is 0.00927 e. The van der Waals surface area contributed by atoms with Gasteiger partial charge in [0.1, 0.15) is 0 Å². The van der Waals surface area contributed by atoms with Gasteiger partial charge in [-0.05, 0) is 53.2 Å². The molecule has 1 heterocycles. The van der Waals surface area contributed by atoms with Gasteiger partial charge < -0.3 is 10.2 Å². The van der Waals surface area contributed by atoms with Crippen molar-refractivity contribution in [3.63, 3.8) is 0 Å². The molecule has 0 bridgehead atoms. The number of likely N-dealkylation sites (tertiary alicyclic amines) is 1. The van der Waals surface area contributed by atoms with Crippen LogP contribution in [0.25, 0.3) is 0 Å². The number of hydrogen-bond donors (Lipinski definition) is 1. The fraction of sp³-hybridized carbons (Fsp3) is 1.00. The van der Waals surface area contributed by atoms with Crippen LogP contribution in [0.1, 0.15) is 39.0 Å². The molecular weight excluding hydrogens is 160 g/mol. The van der Waals surface area contributed by atoms with Crippen LogP contribution in [-0.2, 0) is 0 Å². The lowest BCUT2D eigenvalue weighted by Gasteiger charge is -2.33. The van der Waals surface area contributed by atoms with Gasteiger partial charge in [0.2, 0.25) is 0 Å². The maximum atomic E-state index is 3.30. The van der Waals surface area contributed by atoms with Crippen LogP contribution in [0.4, 0.5) is 0 Å². The Hall–Kier alpha value is -0.0800. The van der Waals surface area contributed by atoms with E-state index < -0.39 is 0 Å². The third-order valence-corrected chi connectivity index (χ3v) is 3.35. The Balaban J connectivity index is 2.18. The number of rotatable bonds is 4. The standard InChI is InChI=1S/C11H24N2/c1-10(12-2)7-8-11-6-4-5-9-13(11)3/h10-12H,4-9H2,1-3H3. The number of nitrogens with zero attached hydrogens (tertiary/aromatic N) is 1. The van der Waals surface area contributed by atoms with Crippen molar-refractivity contribution in [2.75, 3.05) is 20.6 Å². The summed E-state index contributed by atoms with van der Waals surface area (Å²) in [7, 11) is 4.32. The van der Waals surface area contributed by atoms with Gasteiger partial charge in [0.15, 0.2) is 0 Å². The quantitative estimate of drug-likeness (QED) is 0.717. The molecule has 1 saturated heterocycles. The highest BCUT2D eigenvalue weighted by Crippen LogP contribution is 2.19. The summed E-state index contributed by atoms with van der Waals surface area (Å²) in [6, 6.07) is 1.53. The van der Waals surface area contributed by atoms with Crippen molar-refractivity contribution in [3.8, 4) is 0 Å². The highest BCUT2D eigenvalue weighted by atomic mass is 15.1. The minimum Gasteiger partial charge on any atom is -0.317 e. The Morgan fingerprint density at radius 3 is 2.85 bits per heavy atom. The molecule has 0 aromatic rings. The van der Waals surface area contributed by atoms with E-state index in [1.165, 1.54) is 38.6 Å². The largest absolute Gasteiger partial charge is 0.317 e. The van der Waals surface area contributed by atoms with E-state index >= 15 is 0 Å². The first kappa shape index (κ1) is 11.0. The van der Waals surface area contributed by atoms with Crippen molar-refractivity contribution in [3.05, 3.63) is 0 Å². The van der Waals surface area contributed by atoms with Crippen LogP contribution in [0.3, 0.4) is 0 Å². The number of piperidine rings is 1. The van der Waals surface area contributed by atoms with Crippen molar-refractivity contribution >= 4 is 0 Å². The maximum absolute atomic E-state index is 3.30. The van der Waals surface area contributed by atoms with Crippen molar-refractivity contribution < 1.29 is 0 Å². The lowest BCUT2D eigenvalue weighted by Crippen LogP contribution is -2.37. The molecule has 1 fully saturated rings. The third-order valence-electron chi connectivity index (χ3n) is 3.35. The summed E-state index contributed by atoms with van der Waals surface area (Å²) < 4.78 is 0. The van der Waals surface area contributed by atoms with E-state index in [1.54, 1.807) is 0 Å². The first-order chi connectivity index (χ1) is 6.24. The predicted octanol–water partition coefficient (Wildman–Crippen LogP) is 1.86. The molecule has 1 rings (SSSR count). The van der Waals surface area contributed by atoms with Gasteiger partial charge in [0.25, 0.3) is 0 Å². The van der Waals surface area contributed by atoms with Crippen LogP contribution >= 0.6 is 0 Å².